The zero-order chi connectivity index (χ0) is 30.7. The number of ether oxygens (including phenoxy) is 2. The van der Waals surface area contributed by atoms with Crippen LogP contribution in [0.25, 0.3) is 10.9 Å². The van der Waals surface area contributed by atoms with Crippen LogP contribution in [-0.4, -0.2) is 59.5 Å². The van der Waals surface area contributed by atoms with Crippen LogP contribution in [0.5, 0.6) is 0 Å². The molecule has 1 aliphatic heterocycles. The molecule has 2 amide bonds. The predicted molar refractivity (Wildman–Crippen MR) is 167 cm³/mol. The van der Waals surface area contributed by atoms with E-state index in [0.717, 1.165) is 11.1 Å². The quantitative estimate of drug-likeness (QED) is 0.277. The van der Waals surface area contributed by atoms with Crippen LogP contribution in [0.2, 0.25) is 0 Å². The van der Waals surface area contributed by atoms with Gasteiger partial charge in [0.1, 0.15) is 5.60 Å². The highest BCUT2D eigenvalue weighted by atomic mass is 16.6. The first-order valence-electron chi connectivity index (χ1n) is 14.1. The molecule has 11 nitrogen and oxygen atoms in total. The van der Waals surface area contributed by atoms with Crippen molar-refractivity contribution in [3.05, 3.63) is 78.8 Å². The van der Waals surface area contributed by atoms with Gasteiger partial charge in [0.2, 0.25) is 0 Å². The van der Waals surface area contributed by atoms with Gasteiger partial charge in [0, 0.05) is 60.2 Å². The molecule has 3 N–H and O–H groups in total. The first kappa shape index (κ1) is 29.4. The van der Waals surface area contributed by atoms with Crippen LogP contribution in [-0.2, 0) is 9.47 Å². The first-order chi connectivity index (χ1) is 20.5. The number of carbonyl (C=O) groups excluding carboxylic acids is 3. The summed E-state index contributed by atoms with van der Waals surface area (Å²) in [6, 6.07) is 15.6. The van der Waals surface area contributed by atoms with Crippen LogP contribution in [0, 0.1) is 0 Å². The molecular weight excluding hydrogens is 548 g/mol. The van der Waals surface area contributed by atoms with Gasteiger partial charge in [-0.1, -0.05) is 6.07 Å². The van der Waals surface area contributed by atoms with Crippen molar-refractivity contribution in [3.63, 3.8) is 0 Å². The van der Waals surface area contributed by atoms with Crippen molar-refractivity contribution in [2.24, 2.45) is 0 Å². The number of nitrogens with zero attached hydrogens (tertiary/aromatic N) is 4. The number of aromatic nitrogens is 2. The number of hydrogen-bond donors (Lipinski definition) is 2. The van der Waals surface area contributed by atoms with E-state index in [1.807, 2.05) is 18.2 Å². The number of anilines is 4. The molecule has 11 heteroatoms. The van der Waals surface area contributed by atoms with E-state index in [9.17, 15) is 14.4 Å². The number of methoxy groups -OCH3 is 1. The fourth-order valence-corrected chi connectivity index (χ4v) is 5.29. The van der Waals surface area contributed by atoms with Crippen LogP contribution in [0.1, 0.15) is 44.0 Å². The third kappa shape index (κ3) is 6.56. The minimum absolute atomic E-state index is 0.215. The molecule has 0 saturated carbocycles. The van der Waals surface area contributed by atoms with Gasteiger partial charge >= 0.3 is 12.2 Å². The van der Waals surface area contributed by atoms with Gasteiger partial charge in [-0.05, 0) is 82.1 Å². The molecule has 1 fully saturated rings. The number of fused-ring (bicyclic) bond motifs is 1. The van der Waals surface area contributed by atoms with Crippen LogP contribution >= 0.6 is 0 Å². The molecule has 0 aliphatic carbocycles. The molecule has 4 aromatic rings. The van der Waals surface area contributed by atoms with Crippen LogP contribution in [0.4, 0.5) is 32.3 Å². The molecule has 5 rings (SSSR count). The maximum atomic E-state index is 13.7. The summed E-state index contributed by atoms with van der Waals surface area (Å²) in [5.74, 6) is -0.437. The Balaban J connectivity index is 1.41. The number of rotatable bonds is 5. The van der Waals surface area contributed by atoms with Crippen LogP contribution < -0.4 is 20.9 Å². The topological polar surface area (TPSA) is 132 Å². The average molecular weight is 585 g/mol. The molecule has 0 bridgehead atoms. The molecular formula is C32H36N6O5. The summed E-state index contributed by atoms with van der Waals surface area (Å²) < 4.78 is 12.1. The molecule has 224 valence electrons. The van der Waals surface area contributed by atoms with Crippen molar-refractivity contribution in [3.8, 4) is 0 Å². The Morgan fingerprint density at radius 2 is 1.72 bits per heavy atom. The fraction of sp³-hybridized carbons (Fsp3) is 0.312. The molecule has 43 heavy (non-hydrogen) atoms. The number of amides is 2. The molecule has 1 aliphatic rings. The smallest absolute Gasteiger partial charge is 0.418 e. The first-order valence-corrected chi connectivity index (χ1v) is 14.1. The molecule has 2 aromatic carbocycles. The van der Waals surface area contributed by atoms with E-state index < -0.39 is 23.7 Å². The molecule has 1 saturated heterocycles. The lowest BCUT2D eigenvalue weighted by Gasteiger charge is -2.39. The second-order valence-corrected chi connectivity index (χ2v) is 11.4. The van der Waals surface area contributed by atoms with Crippen LogP contribution in [0.15, 0.2) is 73.2 Å². The molecule has 0 unspecified atom stereocenters. The monoisotopic (exact) mass is 584 g/mol. The summed E-state index contributed by atoms with van der Waals surface area (Å²) in [5.41, 5.74) is 8.65. The Kier molecular flexibility index (Phi) is 8.24. The average Bonchev–Trinajstić information content (AvgIpc) is 3.41. The number of nitrogen functional groups attached to an aromatic ring is 1. The third-order valence-electron chi connectivity index (χ3n) is 7.30. The highest BCUT2D eigenvalue weighted by molar-refractivity contribution is 6.11. The van der Waals surface area contributed by atoms with Gasteiger partial charge in [0.15, 0.2) is 0 Å². The molecule has 0 atom stereocenters. The maximum Gasteiger partial charge on any atom is 0.418 e. The Morgan fingerprint density at radius 3 is 2.40 bits per heavy atom. The van der Waals surface area contributed by atoms with E-state index >= 15 is 0 Å². The van der Waals surface area contributed by atoms with Gasteiger partial charge in [-0.15, -0.1) is 0 Å². The summed E-state index contributed by atoms with van der Waals surface area (Å²) in [7, 11) is 1.32. The van der Waals surface area contributed by atoms with E-state index in [1.165, 1.54) is 16.6 Å². The zero-order valence-corrected chi connectivity index (χ0v) is 24.7. The van der Waals surface area contributed by atoms with Crippen molar-refractivity contribution in [2.45, 2.75) is 45.3 Å². The van der Waals surface area contributed by atoms with E-state index in [0.29, 0.717) is 48.5 Å². The lowest BCUT2D eigenvalue weighted by Crippen LogP contribution is -2.48. The highest BCUT2D eigenvalue weighted by Gasteiger charge is 2.33. The molecule has 0 radical (unpaired) electrons. The number of hydrogen-bond acceptors (Lipinski definition) is 8. The van der Waals surface area contributed by atoms with E-state index in [4.69, 9.17) is 15.2 Å². The summed E-state index contributed by atoms with van der Waals surface area (Å²) in [6.45, 7) is 6.82. The van der Waals surface area contributed by atoms with Crippen molar-refractivity contribution in [1.82, 2.24) is 9.55 Å². The number of piperidine rings is 1. The van der Waals surface area contributed by atoms with Gasteiger partial charge < -0.3 is 25.4 Å². The molecule has 3 heterocycles. The molecule has 0 spiro atoms. The number of nitrogens with one attached hydrogen (secondary N) is 1. The Bertz CT molecular complexity index is 1640. The van der Waals surface area contributed by atoms with Crippen LogP contribution in [0.3, 0.4) is 0 Å². The second-order valence-electron chi connectivity index (χ2n) is 11.4. The minimum Gasteiger partial charge on any atom is -0.452 e. The largest absolute Gasteiger partial charge is 0.452 e. The third-order valence-corrected chi connectivity index (χ3v) is 7.30. The maximum absolute atomic E-state index is 13.7. The SMILES string of the molecule is COC(=O)N(c1cc(N)ccc1C(=O)Nc1ccc2ccn(C(=O)OC(C)(C)C)c2c1)C1CCN(c2ccncc2)CC1. The summed E-state index contributed by atoms with van der Waals surface area (Å²) in [5, 5.41) is 3.73. The molecule has 2 aromatic heterocycles. The second kappa shape index (κ2) is 12.0. The fourth-order valence-electron chi connectivity index (χ4n) is 5.29. The van der Waals surface area contributed by atoms with Gasteiger partial charge in [-0.25, -0.2) is 9.59 Å². The normalized spacial score (nSPS) is 13.9. The lowest BCUT2D eigenvalue weighted by molar-refractivity contribution is 0.0544. The van der Waals surface area contributed by atoms with Gasteiger partial charge in [-0.2, -0.15) is 0 Å². The van der Waals surface area contributed by atoms with E-state index in [-0.39, 0.29) is 11.6 Å². The van der Waals surface area contributed by atoms with Crippen molar-refractivity contribution < 1.29 is 23.9 Å². The summed E-state index contributed by atoms with van der Waals surface area (Å²) >= 11 is 0. The van der Waals surface area contributed by atoms with Gasteiger partial charge in [0.25, 0.3) is 5.91 Å². The van der Waals surface area contributed by atoms with Gasteiger partial charge in [-0.3, -0.25) is 19.2 Å². The van der Waals surface area contributed by atoms with E-state index in [1.54, 1.807) is 75.8 Å². The van der Waals surface area contributed by atoms with Crippen molar-refractivity contribution in [2.75, 3.05) is 41.0 Å². The van der Waals surface area contributed by atoms with Crippen molar-refractivity contribution in [1.29, 1.82) is 0 Å². The van der Waals surface area contributed by atoms with Crippen molar-refractivity contribution >= 4 is 51.7 Å². The Labute approximate surface area is 250 Å². The zero-order valence-electron chi connectivity index (χ0n) is 24.7. The predicted octanol–water partition coefficient (Wildman–Crippen LogP) is 5.90. The Morgan fingerprint density at radius 1 is 1.00 bits per heavy atom. The minimum atomic E-state index is -0.660. The number of carbonyl (C=O) groups is 3. The lowest BCUT2D eigenvalue weighted by atomic mass is 10.0. The standard InChI is InChI=1S/C32H36N6O5/c1-32(2,3)43-30(40)37-18-11-21-5-7-23(20-27(21)37)35-29(39)26-8-6-22(33)19-28(26)38(31(41)42-4)25-12-16-36(17-13-25)24-9-14-34-15-10-24/h5-11,14-15,18-20,25H,12-13,16-17,33H2,1-4H3,(H,35,39). The van der Waals surface area contributed by atoms with Gasteiger partial charge in [0.05, 0.1) is 23.9 Å². The number of benzene rings is 2. The summed E-state index contributed by atoms with van der Waals surface area (Å²) in [6.07, 6.45) is 5.38. The van der Waals surface area contributed by atoms with E-state index in [2.05, 4.69) is 15.2 Å². The number of pyridine rings is 1. The highest BCUT2D eigenvalue weighted by Crippen LogP contribution is 2.32. The summed E-state index contributed by atoms with van der Waals surface area (Å²) in [4.78, 5) is 47.5. The number of nitrogens with two attached hydrogens (primary N) is 1. The Hall–Kier alpha value is -5.06.